The Labute approximate surface area is 106 Å². The van der Waals surface area contributed by atoms with Crippen molar-refractivity contribution in [3.63, 3.8) is 0 Å². The van der Waals surface area contributed by atoms with Crippen molar-refractivity contribution in [2.45, 2.75) is 70.4 Å². The quantitative estimate of drug-likeness (QED) is 0.807. The Kier molecular flexibility index (Phi) is 3.45. The van der Waals surface area contributed by atoms with E-state index in [1.54, 1.807) is 0 Å². The van der Waals surface area contributed by atoms with Gasteiger partial charge in [0.25, 0.3) is 0 Å². The van der Waals surface area contributed by atoms with Crippen LogP contribution < -0.4 is 5.32 Å². The van der Waals surface area contributed by atoms with Crippen LogP contribution in [0.2, 0.25) is 0 Å². The normalized spacial score (nSPS) is 32.5. The van der Waals surface area contributed by atoms with Gasteiger partial charge in [0.2, 0.25) is 0 Å². The zero-order chi connectivity index (χ0) is 11.7. The van der Waals surface area contributed by atoms with E-state index in [4.69, 9.17) is 0 Å². The molecule has 0 aromatic carbocycles. The molecule has 0 bridgehead atoms. The summed E-state index contributed by atoms with van der Waals surface area (Å²) in [7, 11) is 0. The zero-order valence-corrected chi connectivity index (χ0v) is 11.4. The first-order valence-electron chi connectivity index (χ1n) is 7.82. The molecule has 3 aliphatic rings. The Bertz CT molecular complexity index is 254. The first kappa shape index (κ1) is 12.0. The van der Waals surface area contributed by atoms with Crippen LogP contribution in [0, 0.1) is 5.41 Å². The van der Waals surface area contributed by atoms with Crippen LogP contribution in [0.3, 0.4) is 0 Å². The van der Waals surface area contributed by atoms with Crippen LogP contribution in [-0.4, -0.2) is 36.6 Å². The monoisotopic (exact) mass is 236 g/mol. The van der Waals surface area contributed by atoms with Crippen LogP contribution in [0.5, 0.6) is 0 Å². The fourth-order valence-corrected chi connectivity index (χ4v) is 4.40. The fourth-order valence-electron chi connectivity index (χ4n) is 4.40. The Balaban J connectivity index is 1.67. The zero-order valence-electron chi connectivity index (χ0n) is 11.4. The lowest BCUT2D eigenvalue weighted by Gasteiger charge is -2.59. The van der Waals surface area contributed by atoms with Gasteiger partial charge in [0.05, 0.1) is 0 Å². The lowest BCUT2D eigenvalue weighted by molar-refractivity contribution is -0.0787. The van der Waals surface area contributed by atoms with Crippen LogP contribution in [0.1, 0.15) is 58.3 Å². The first-order chi connectivity index (χ1) is 8.36. The molecular formula is C15H28N2. The molecule has 3 fully saturated rings. The molecule has 1 aliphatic heterocycles. The lowest BCUT2D eigenvalue weighted by atomic mass is 9.56. The maximum atomic E-state index is 3.45. The molecule has 1 spiro atoms. The number of hydrogen-bond acceptors (Lipinski definition) is 2. The van der Waals surface area contributed by atoms with E-state index in [9.17, 15) is 0 Å². The molecule has 1 heterocycles. The van der Waals surface area contributed by atoms with Crippen molar-refractivity contribution in [2.75, 3.05) is 19.6 Å². The van der Waals surface area contributed by atoms with Crippen molar-refractivity contribution in [1.29, 1.82) is 0 Å². The van der Waals surface area contributed by atoms with Gasteiger partial charge in [-0.1, -0.05) is 26.2 Å². The predicted octanol–water partition coefficient (Wildman–Crippen LogP) is 2.78. The topological polar surface area (TPSA) is 15.3 Å². The minimum Gasteiger partial charge on any atom is -0.314 e. The first-order valence-corrected chi connectivity index (χ1v) is 7.82. The Morgan fingerprint density at radius 1 is 1.12 bits per heavy atom. The third-order valence-electron chi connectivity index (χ3n) is 5.58. The third-order valence-corrected chi connectivity index (χ3v) is 5.58. The standard InChI is InChI=1S/C15H28N2/c1-2-10-17(13-11-16-12-13)14-6-9-15(14)7-4-3-5-8-15/h13-14,16H,2-12H2,1H3. The molecule has 1 unspecified atom stereocenters. The highest BCUT2D eigenvalue weighted by atomic mass is 15.3. The van der Waals surface area contributed by atoms with Crippen LogP contribution in [0.25, 0.3) is 0 Å². The van der Waals surface area contributed by atoms with E-state index in [2.05, 4.69) is 17.1 Å². The number of rotatable bonds is 4. The summed E-state index contributed by atoms with van der Waals surface area (Å²) in [4.78, 5) is 2.88. The lowest BCUT2D eigenvalue weighted by Crippen LogP contribution is -2.66. The largest absolute Gasteiger partial charge is 0.314 e. The van der Waals surface area contributed by atoms with E-state index >= 15 is 0 Å². The van der Waals surface area contributed by atoms with Gasteiger partial charge >= 0.3 is 0 Å². The summed E-state index contributed by atoms with van der Waals surface area (Å²) in [6.07, 6.45) is 11.9. The molecule has 3 rings (SSSR count). The summed E-state index contributed by atoms with van der Waals surface area (Å²) in [6.45, 7) is 6.16. The van der Waals surface area contributed by atoms with Crippen LogP contribution in [0.15, 0.2) is 0 Å². The molecule has 0 aromatic heterocycles. The van der Waals surface area contributed by atoms with Gasteiger partial charge in [-0.3, -0.25) is 4.90 Å². The highest BCUT2D eigenvalue weighted by Crippen LogP contribution is 2.54. The average Bonchev–Trinajstić information content (AvgIpc) is 2.27. The molecule has 1 N–H and O–H groups in total. The maximum Gasteiger partial charge on any atom is 0.0348 e. The van der Waals surface area contributed by atoms with Crippen molar-refractivity contribution >= 4 is 0 Å². The molecule has 2 heteroatoms. The van der Waals surface area contributed by atoms with Gasteiger partial charge in [-0.05, 0) is 44.1 Å². The van der Waals surface area contributed by atoms with E-state index in [0.29, 0.717) is 0 Å². The van der Waals surface area contributed by atoms with E-state index in [1.165, 1.54) is 71.0 Å². The van der Waals surface area contributed by atoms with Crippen molar-refractivity contribution < 1.29 is 0 Å². The minimum atomic E-state index is 0.753. The molecule has 0 aromatic rings. The van der Waals surface area contributed by atoms with E-state index in [1.807, 2.05) is 0 Å². The Morgan fingerprint density at radius 2 is 1.88 bits per heavy atom. The van der Waals surface area contributed by atoms with Crippen LogP contribution in [-0.2, 0) is 0 Å². The van der Waals surface area contributed by atoms with Crippen LogP contribution >= 0.6 is 0 Å². The molecule has 2 saturated carbocycles. The fraction of sp³-hybridized carbons (Fsp3) is 1.00. The highest BCUT2D eigenvalue weighted by molar-refractivity contribution is 5.05. The summed E-state index contributed by atoms with van der Waals surface area (Å²) in [5.41, 5.74) is 0.753. The molecule has 1 atom stereocenters. The second-order valence-corrected chi connectivity index (χ2v) is 6.53. The molecule has 0 radical (unpaired) electrons. The summed E-state index contributed by atoms with van der Waals surface area (Å²) >= 11 is 0. The van der Waals surface area contributed by atoms with Gasteiger partial charge in [0.1, 0.15) is 0 Å². The smallest absolute Gasteiger partial charge is 0.0348 e. The summed E-state index contributed by atoms with van der Waals surface area (Å²) in [5, 5.41) is 3.45. The van der Waals surface area contributed by atoms with Crippen molar-refractivity contribution in [1.82, 2.24) is 10.2 Å². The average molecular weight is 236 g/mol. The highest BCUT2D eigenvalue weighted by Gasteiger charge is 2.50. The predicted molar refractivity (Wildman–Crippen MR) is 72.2 cm³/mol. The van der Waals surface area contributed by atoms with Gasteiger partial charge in [-0.25, -0.2) is 0 Å². The number of nitrogens with one attached hydrogen (secondary N) is 1. The molecule has 2 nitrogen and oxygen atoms in total. The van der Waals surface area contributed by atoms with Gasteiger partial charge in [0, 0.05) is 25.2 Å². The van der Waals surface area contributed by atoms with Crippen molar-refractivity contribution in [2.24, 2.45) is 5.41 Å². The second-order valence-electron chi connectivity index (χ2n) is 6.53. The molecular weight excluding hydrogens is 208 g/mol. The van der Waals surface area contributed by atoms with Crippen molar-refractivity contribution in [3.05, 3.63) is 0 Å². The van der Waals surface area contributed by atoms with Gasteiger partial charge in [0.15, 0.2) is 0 Å². The Hall–Kier alpha value is -0.0800. The van der Waals surface area contributed by atoms with E-state index < -0.39 is 0 Å². The number of nitrogens with zero attached hydrogens (tertiary/aromatic N) is 1. The summed E-state index contributed by atoms with van der Waals surface area (Å²) in [5.74, 6) is 0. The number of hydrogen-bond donors (Lipinski definition) is 1. The van der Waals surface area contributed by atoms with Crippen LogP contribution in [0.4, 0.5) is 0 Å². The molecule has 98 valence electrons. The van der Waals surface area contributed by atoms with Gasteiger partial charge < -0.3 is 5.32 Å². The second kappa shape index (κ2) is 4.89. The Morgan fingerprint density at radius 3 is 2.35 bits per heavy atom. The summed E-state index contributed by atoms with van der Waals surface area (Å²) < 4.78 is 0. The molecule has 1 saturated heterocycles. The van der Waals surface area contributed by atoms with Gasteiger partial charge in [-0.15, -0.1) is 0 Å². The molecule has 2 aliphatic carbocycles. The summed E-state index contributed by atoms with van der Waals surface area (Å²) in [6, 6.07) is 1.80. The minimum absolute atomic E-state index is 0.753. The van der Waals surface area contributed by atoms with Gasteiger partial charge in [-0.2, -0.15) is 0 Å². The van der Waals surface area contributed by atoms with E-state index in [-0.39, 0.29) is 0 Å². The van der Waals surface area contributed by atoms with Crippen molar-refractivity contribution in [3.8, 4) is 0 Å². The molecule has 17 heavy (non-hydrogen) atoms. The SMILES string of the molecule is CCCN(C1CNC1)C1CCC12CCCCC2. The third kappa shape index (κ3) is 2.04. The molecule has 0 amide bonds. The van der Waals surface area contributed by atoms with E-state index in [0.717, 1.165) is 17.5 Å². The maximum absolute atomic E-state index is 3.45.